The van der Waals surface area contributed by atoms with Crippen LogP contribution >= 0.6 is 0 Å². The van der Waals surface area contributed by atoms with Crippen LogP contribution in [0, 0.1) is 17.2 Å². The van der Waals surface area contributed by atoms with Crippen molar-refractivity contribution in [2.75, 3.05) is 13.1 Å². The largest absolute Gasteiger partial charge is 0.343 e. The van der Waals surface area contributed by atoms with Crippen LogP contribution in [0.25, 0.3) is 0 Å². The Hall–Kier alpha value is -1.04. The summed E-state index contributed by atoms with van der Waals surface area (Å²) in [5, 5.41) is 8.62. The Kier molecular flexibility index (Phi) is 3.09. The second-order valence-corrected chi connectivity index (χ2v) is 3.14. The summed E-state index contributed by atoms with van der Waals surface area (Å²) in [4.78, 5) is 13.1. The number of rotatable bonds is 1. The van der Waals surface area contributed by atoms with Gasteiger partial charge in [0.05, 0.1) is 6.07 Å². The van der Waals surface area contributed by atoms with Crippen LogP contribution < -0.4 is 0 Å². The lowest BCUT2D eigenvalue weighted by molar-refractivity contribution is -0.132. The number of nitrogens with zero attached hydrogens (tertiary/aromatic N) is 2. The Morgan fingerprint density at radius 2 is 2.17 bits per heavy atom. The third-order valence-electron chi connectivity index (χ3n) is 2.33. The molecular weight excluding hydrogens is 152 g/mol. The summed E-state index contributed by atoms with van der Waals surface area (Å²) in [7, 11) is 0. The van der Waals surface area contributed by atoms with Crippen LogP contribution in [0.4, 0.5) is 0 Å². The van der Waals surface area contributed by atoms with E-state index in [2.05, 4.69) is 6.07 Å². The Balaban J connectivity index is 2.37. The van der Waals surface area contributed by atoms with Gasteiger partial charge in [0.1, 0.15) is 0 Å². The van der Waals surface area contributed by atoms with Gasteiger partial charge in [-0.3, -0.25) is 4.79 Å². The highest BCUT2D eigenvalue weighted by Gasteiger charge is 2.20. The summed E-state index contributed by atoms with van der Waals surface area (Å²) in [6, 6.07) is 2.24. The molecule has 0 atom stereocenters. The molecule has 0 N–H and O–H groups in total. The van der Waals surface area contributed by atoms with E-state index in [1.807, 2.05) is 11.8 Å². The smallest absolute Gasteiger partial charge is 0.222 e. The van der Waals surface area contributed by atoms with Gasteiger partial charge in [-0.25, -0.2) is 0 Å². The average molecular weight is 166 g/mol. The fourth-order valence-electron chi connectivity index (χ4n) is 1.48. The molecule has 0 unspecified atom stereocenters. The minimum atomic E-state index is 0.172. The standard InChI is InChI=1S/C9H14N2O/c1-2-9(12)11-5-3-8(7-10)4-6-11/h8H,2-6H2,1H3. The zero-order valence-electron chi connectivity index (χ0n) is 7.42. The van der Waals surface area contributed by atoms with Crippen LogP contribution in [-0.4, -0.2) is 23.9 Å². The van der Waals surface area contributed by atoms with Crippen LogP contribution in [0.3, 0.4) is 0 Å². The van der Waals surface area contributed by atoms with E-state index in [1.165, 1.54) is 0 Å². The molecule has 0 aromatic rings. The number of hydrogen-bond donors (Lipinski definition) is 0. The number of hydrogen-bond acceptors (Lipinski definition) is 2. The van der Waals surface area contributed by atoms with E-state index in [-0.39, 0.29) is 11.8 Å². The number of carbonyl (C=O) groups excluding carboxylic acids is 1. The molecule has 12 heavy (non-hydrogen) atoms. The van der Waals surface area contributed by atoms with Crippen molar-refractivity contribution in [3.05, 3.63) is 0 Å². The normalized spacial score (nSPS) is 18.8. The zero-order valence-corrected chi connectivity index (χ0v) is 7.42. The van der Waals surface area contributed by atoms with Gasteiger partial charge in [0.15, 0.2) is 0 Å². The molecule has 0 saturated carbocycles. The number of amides is 1. The third-order valence-corrected chi connectivity index (χ3v) is 2.33. The Labute approximate surface area is 73.0 Å². The monoisotopic (exact) mass is 166 g/mol. The topological polar surface area (TPSA) is 44.1 Å². The molecule has 0 bridgehead atoms. The van der Waals surface area contributed by atoms with Crippen molar-refractivity contribution in [2.45, 2.75) is 26.2 Å². The maximum absolute atomic E-state index is 11.2. The molecule has 0 aromatic carbocycles. The quantitative estimate of drug-likeness (QED) is 0.586. The van der Waals surface area contributed by atoms with Gasteiger partial charge in [-0.1, -0.05) is 6.92 Å². The SMILES string of the molecule is CCC(=O)N1CCC(C#N)CC1. The number of piperidine rings is 1. The predicted molar refractivity (Wildman–Crippen MR) is 45.2 cm³/mol. The Morgan fingerprint density at radius 1 is 1.58 bits per heavy atom. The first-order valence-electron chi connectivity index (χ1n) is 4.45. The first-order valence-corrected chi connectivity index (χ1v) is 4.45. The molecule has 3 heteroatoms. The highest BCUT2D eigenvalue weighted by molar-refractivity contribution is 5.75. The van der Waals surface area contributed by atoms with E-state index >= 15 is 0 Å². The first-order chi connectivity index (χ1) is 5.77. The Morgan fingerprint density at radius 3 is 2.58 bits per heavy atom. The van der Waals surface area contributed by atoms with E-state index in [4.69, 9.17) is 5.26 Å². The highest BCUT2D eigenvalue weighted by atomic mass is 16.2. The highest BCUT2D eigenvalue weighted by Crippen LogP contribution is 2.16. The van der Waals surface area contributed by atoms with Crippen molar-refractivity contribution >= 4 is 5.91 Å². The van der Waals surface area contributed by atoms with Crippen LogP contribution in [-0.2, 0) is 4.79 Å². The van der Waals surface area contributed by atoms with Crippen molar-refractivity contribution in [3.63, 3.8) is 0 Å². The van der Waals surface area contributed by atoms with Gasteiger partial charge in [0, 0.05) is 25.4 Å². The van der Waals surface area contributed by atoms with Gasteiger partial charge < -0.3 is 4.90 Å². The van der Waals surface area contributed by atoms with Gasteiger partial charge in [-0.05, 0) is 12.8 Å². The average Bonchev–Trinajstić information content (AvgIpc) is 2.17. The summed E-state index contributed by atoms with van der Waals surface area (Å²) in [5.74, 6) is 0.386. The molecule has 0 aliphatic carbocycles. The maximum Gasteiger partial charge on any atom is 0.222 e. The second-order valence-electron chi connectivity index (χ2n) is 3.14. The summed E-state index contributed by atoms with van der Waals surface area (Å²) >= 11 is 0. The first kappa shape index (κ1) is 9.05. The molecule has 1 saturated heterocycles. The minimum absolute atomic E-state index is 0.172. The lowest BCUT2D eigenvalue weighted by atomic mass is 9.98. The van der Waals surface area contributed by atoms with E-state index in [0.29, 0.717) is 6.42 Å². The molecule has 1 aliphatic rings. The molecule has 0 aromatic heterocycles. The molecule has 3 nitrogen and oxygen atoms in total. The van der Waals surface area contributed by atoms with Crippen molar-refractivity contribution in [1.82, 2.24) is 4.90 Å². The van der Waals surface area contributed by atoms with Gasteiger partial charge in [-0.15, -0.1) is 0 Å². The van der Waals surface area contributed by atoms with Gasteiger partial charge in [0.2, 0.25) is 5.91 Å². The van der Waals surface area contributed by atoms with Crippen molar-refractivity contribution < 1.29 is 4.79 Å². The van der Waals surface area contributed by atoms with Crippen molar-refractivity contribution in [3.8, 4) is 6.07 Å². The zero-order chi connectivity index (χ0) is 8.97. The molecule has 1 aliphatic heterocycles. The van der Waals surface area contributed by atoms with E-state index in [9.17, 15) is 4.79 Å². The molecule has 0 spiro atoms. The number of likely N-dealkylation sites (tertiary alicyclic amines) is 1. The summed E-state index contributed by atoms with van der Waals surface area (Å²) in [5.41, 5.74) is 0. The second kappa shape index (κ2) is 4.10. The van der Waals surface area contributed by atoms with Crippen LogP contribution in [0.1, 0.15) is 26.2 Å². The number of nitriles is 1. The van der Waals surface area contributed by atoms with Gasteiger partial charge in [-0.2, -0.15) is 5.26 Å². The molecule has 1 rings (SSSR count). The summed E-state index contributed by atoms with van der Waals surface area (Å²) < 4.78 is 0. The third kappa shape index (κ3) is 1.97. The molecule has 1 amide bonds. The van der Waals surface area contributed by atoms with E-state index in [0.717, 1.165) is 25.9 Å². The molecule has 0 radical (unpaired) electrons. The van der Waals surface area contributed by atoms with Crippen LogP contribution in [0.2, 0.25) is 0 Å². The minimum Gasteiger partial charge on any atom is -0.343 e. The molecule has 1 fully saturated rings. The fraction of sp³-hybridized carbons (Fsp3) is 0.778. The van der Waals surface area contributed by atoms with Crippen LogP contribution in [0.5, 0.6) is 0 Å². The lowest BCUT2D eigenvalue weighted by Crippen LogP contribution is -2.37. The lowest BCUT2D eigenvalue weighted by Gasteiger charge is -2.28. The molecule has 1 heterocycles. The van der Waals surface area contributed by atoms with Crippen LogP contribution in [0.15, 0.2) is 0 Å². The van der Waals surface area contributed by atoms with Gasteiger partial charge >= 0.3 is 0 Å². The predicted octanol–water partition coefficient (Wildman–Crippen LogP) is 1.16. The van der Waals surface area contributed by atoms with E-state index < -0.39 is 0 Å². The van der Waals surface area contributed by atoms with Crippen molar-refractivity contribution in [1.29, 1.82) is 5.26 Å². The summed E-state index contributed by atoms with van der Waals surface area (Å²) in [6.07, 6.45) is 2.28. The molecular formula is C9H14N2O. The summed E-state index contributed by atoms with van der Waals surface area (Å²) in [6.45, 7) is 3.41. The Bertz CT molecular complexity index is 199. The number of carbonyl (C=O) groups is 1. The molecule has 66 valence electrons. The fourth-order valence-corrected chi connectivity index (χ4v) is 1.48. The van der Waals surface area contributed by atoms with Crippen molar-refractivity contribution in [2.24, 2.45) is 5.92 Å². The van der Waals surface area contributed by atoms with Gasteiger partial charge in [0.25, 0.3) is 0 Å². The maximum atomic E-state index is 11.2. The van der Waals surface area contributed by atoms with E-state index in [1.54, 1.807) is 0 Å².